The molecule has 0 aliphatic carbocycles. The van der Waals surface area contributed by atoms with E-state index in [0.29, 0.717) is 18.9 Å². The second-order valence-corrected chi connectivity index (χ2v) is 4.53. The molecule has 0 saturated heterocycles. The van der Waals surface area contributed by atoms with Gasteiger partial charge in [-0.15, -0.1) is 0 Å². The van der Waals surface area contributed by atoms with E-state index in [9.17, 15) is 4.79 Å². The van der Waals surface area contributed by atoms with Crippen molar-refractivity contribution in [3.63, 3.8) is 0 Å². The van der Waals surface area contributed by atoms with Gasteiger partial charge in [0.1, 0.15) is 12.5 Å². The van der Waals surface area contributed by atoms with Gasteiger partial charge in [0.25, 0.3) is 0 Å². The van der Waals surface area contributed by atoms with E-state index in [1.165, 1.54) is 5.56 Å². The minimum atomic E-state index is -0.180. The highest BCUT2D eigenvalue weighted by Gasteiger charge is 2.15. The highest BCUT2D eigenvalue weighted by atomic mass is 16.5. The molecule has 0 unspecified atom stereocenters. The maximum atomic E-state index is 11.3. The van der Waals surface area contributed by atoms with Crippen LogP contribution in [0.3, 0.4) is 0 Å². The van der Waals surface area contributed by atoms with Gasteiger partial charge >= 0.3 is 5.97 Å². The summed E-state index contributed by atoms with van der Waals surface area (Å²) in [5.41, 5.74) is 6.39. The quantitative estimate of drug-likeness (QED) is 0.795. The lowest BCUT2D eigenvalue weighted by Crippen LogP contribution is -2.54. The highest BCUT2D eigenvalue weighted by Crippen LogP contribution is 2.18. The molecule has 0 radical (unpaired) electrons. The fraction of sp³-hybridized carbons (Fsp3) is 0.500. The van der Waals surface area contributed by atoms with Gasteiger partial charge in [-0.2, -0.15) is 0 Å². The Kier molecular flexibility index (Phi) is 5.16. The van der Waals surface area contributed by atoms with E-state index < -0.39 is 0 Å². The number of quaternary nitrogens is 1. The molecule has 0 aliphatic rings. The van der Waals surface area contributed by atoms with Crippen molar-refractivity contribution < 1.29 is 15.3 Å². The summed E-state index contributed by atoms with van der Waals surface area (Å²) >= 11 is 0. The first-order chi connectivity index (χ1) is 8.04. The molecule has 0 aliphatic heterocycles. The number of carbonyl (C=O) groups is 1. The molecule has 1 aromatic rings. The summed E-state index contributed by atoms with van der Waals surface area (Å²) in [6.07, 6.45) is 0.342. The Morgan fingerprint density at radius 3 is 2.24 bits per heavy atom. The predicted octanol–water partition coefficient (Wildman–Crippen LogP) is 2.05. The van der Waals surface area contributed by atoms with Gasteiger partial charge in [0.15, 0.2) is 0 Å². The van der Waals surface area contributed by atoms with Crippen LogP contribution in [0, 0.1) is 0 Å². The van der Waals surface area contributed by atoms with E-state index in [1.54, 1.807) is 0 Å². The second kappa shape index (κ2) is 6.40. The molecule has 0 fully saturated rings. The average molecular weight is 236 g/mol. The van der Waals surface area contributed by atoms with Crippen LogP contribution in [-0.2, 0) is 9.53 Å². The van der Waals surface area contributed by atoms with Crippen LogP contribution in [0.2, 0.25) is 0 Å². The Hall–Kier alpha value is -1.35. The monoisotopic (exact) mass is 236 g/mol. The largest absolute Gasteiger partial charge is 0.466 e. The van der Waals surface area contributed by atoms with Crippen molar-refractivity contribution in [1.29, 1.82) is 0 Å². The molecule has 0 saturated carbocycles. The molecule has 0 aromatic heterocycles. The van der Waals surface area contributed by atoms with Crippen molar-refractivity contribution in [2.75, 3.05) is 6.61 Å². The third-order valence-corrected chi connectivity index (χ3v) is 2.79. The van der Waals surface area contributed by atoms with Gasteiger partial charge < -0.3 is 10.5 Å². The molecule has 0 spiro atoms. The normalized spacial score (nSPS) is 12.5. The van der Waals surface area contributed by atoms with Gasteiger partial charge in [-0.1, -0.05) is 38.1 Å². The molecule has 3 nitrogen and oxygen atoms in total. The van der Waals surface area contributed by atoms with Crippen molar-refractivity contribution in [2.45, 2.75) is 39.2 Å². The molecule has 3 N–H and O–H groups in total. The van der Waals surface area contributed by atoms with Crippen LogP contribution in [0.1, 0.15) is 50.3 Å². The Bertz CT molecular complexity index is 357. The summed E-state index contributed by atoms with van der Waals surface area (Å²) in [5, 5.41) is 0. The van der Waals surface area contributed by atoms with Gasteiger partial charge in [-0.3, -0.25) is 4.79 Å². The van der Waals surface area contributed by atoms with E-state index >= 15 is 0 Å². The van der Waals surface area contributed by atoms with Gasteiger partial charge in [-0.05, 0) is 18.4 Å². The van der Waals surface area contributed by atoms with Crippen molar-refractivity contribution in [1.82, 2.24) is 0 Å². The standard InChI is InChI=1S/C14H21NO2/c1-4-17-14(16)9-13(15)12-7-5-11(6-8-12)10(2)3/h5-8,10,13H,4,9,15H2,1-3H3/p+1/t13-/m1/s1. The summed E-state index contributed by atoms with van der Waals surface area (Å²) < 4.78 is 4.92. The van der Waals surface area contributed by atoms with Gasteiger partial charge in [0.05, 0.1) is 6.61 Å². The zero-order valence-electron chi connectivity index (χ0n) is 10.9. The number of rotatable bonds is 5. The van der Waals surface area contributed by atoms with E-state index in [2.05, 4.69) is 31.7 Å². The molecule has 17 heavy (non-hydrogen) atoms. The van der Waals surface area contributed by atoms with Crippen LogP contribution in [0.15, 0.2) is 24.3 Å². The van der Waals surface area contributed by atoms with E-state index in [-0.39, 0.29) is 12.0 Å². The average Bonchev–Trinajstić information content (AvgIpc) is 2.29. The fourth-order valence-electron chi connectivity index (χ4n) is 1.69. The lowest BCUT2D eigenvalue weighted by Gasteiger charge is -2.10. The van der Waals surface area contributed by atoms with Gasteiger partial charge in [-0.25, -0.2) is 0 Å². The SMILES string of the molecule is CCOC(=O)C[C@@H]([NH3+])c1ccc(C(C)C)cc1. The molecule has 0 bridgehead atoms. The second-order valence-electron chi connectivity index (χ2n) is 4.53. The summed E-state index contributed by atoms with van der Waals surface area (Å²) in [5.74, 6) is 0.345. The Morgan fingerprint density at radius 2 is 1.76 bits per heavy atom. The maximum Gasteiger partial charge on any atom is 0.312 e. The van der Waals surface area contributed by atoms with Crippen molar-refractivity contribution >= 4 is 5.97 Å². The zero-order valence-corrected chi connectivity index (χ0v) is 10.9. The lowest BCUT2D eigenvalue weighted by molar-refractivity contribution is -0.425. The summed E-state index contributed by atoms with van der Waals surface area (Å²) in [6, 6.07) is 8.26. The number of benzene rings is 1. The highest BCUT2D eigenvalue weighted by molar-refractivity contribution is 5.70. The molecule has 1 rings (SSSR count). The van der Waals surface area contributed by atoms with Crippen LogP contribution in [0.4, 0.5) is 0 Å². The van der Waals surface area contributed by atoms with Crippen LogP contribution < -0.4 is 5.73 Å². The third kappa shape index (κ3) is 4.19. The lowest BCUT2D eigenvalue weighted by atomic mass is 9.98. The molecular formula is C14H22NO2+. The van der Waals surface area contributed by atoms with Crippen LogP contribution in [0.5, 0.6) is 0 Å². The first kappa shape index (κ1) is 13.7. The number of carbonyl (C=O) groups excluding carboxylic acids is 1. The van der Waals surface area contributed by atoms with E-state index in [0.717, 1.165) is 5.56 Å². The van der Waals surface area contributed by atoms with Crippen molar-refractivity contribution in [3.8, 4) is 0 Å². The van der Waals surface area contributed by atoms with Crippen LogP contribution in [0.25, 0.3) is 0 Å². The Morgan fingerprint density at radius 1 is 1.24 bits per heavy atom. The minimum Gasteiger partial charge on any atom is -0.466 e. The minimum absolute atomic E-state index is 0.0322. The summed E-state index contributed by atoms with van der Waals surface area (Å²) in [6.45, 7) is 6.57. The summed E-state index contributed by atoms with van der Waals surface area (Å²) in [7, 11) is 0. The Labute approximate surface area is 103 Å². The zero-order chi connectivity index (χ0) is 12.8. The van der Waals surface area contributed by atoms with Gasteiger partial charge in [0, 0.05) is 5.56 Å². The number of ether oxygens (including phenoxy) is 1. The van der Waals surface area contributed by atoms with Crippen LogP contribution >= 0.6 is 0 Å². The molecule has 1 atom stereocenters. The summed E-state index contributed by atoms with van der Waals surface area (Å²) in [4.78, 5) is 11.3. The number of hydrogen-bond donors (Lipinski definition) is 1. The maximum absolute atomic E-state index is 11.3. The topological polar surface area (TPSA) is 53.9 Å². The molecule has 0 heterocycles. The Balaban J connectivity index is 2.63. The number of esters is 1. The van der Waals surface area contributed by atoms with Gasteiger partial charge in [0.2, 0.25) is 0 Å². The fourth-order valence-corrected chi connectivity index (χ4v) is 1.69. The molecule has 0 amide bonds. The first-order valence-electron chi connectivity index (χ1n) is 6.13. The molecule has 94 valence electrons. The third-order valence-electron chi connectivity index (χ3n) is 2.79. The molecular weight excluding hydrogens is 214 g/mol. The number of hydrogen-bond acceptors (Lipinski definition) is 2. The molecule has 1 aromatic carbocycles. The van der Waals surface area contributed by atoms with E-state index in [4.69, 9.17) is 4.74 Å². The molecule has 3 heteroatoms. The van der Waals surface area contributed by atoms with Crippen LogP contribution in [-0.4, -0.2) is 12.6 Å². The first-order valence-corrected chi connectivity index (χ1v) is 6.13. The predicted molar refractivity (Wildman–Crippen MR) is 67.4 cm³/mol. The van der Waals surface area contributed by atoms with Crippen molar-refractivity contribution in [3.05, 3.63) is 35.4 Å². The van der Waals surface area contributed by atoms with E-state index in [1.807, 2.05) is 19.1 Å². The smallest absolute Gasteiger partial charge is 0.312 e. The van der Waals surface area contributed by atoms with Crippen molar-refractivity contribution in [2.24, 2.45) is 0 Å².